The third kappa shape index (κ3) is 2.35. The highest BCUT2D eigenvalue weighted by molar-refractivity contribution is 6.22. The summed E-state index contributed by atoms with van der Waals surface area (Å²) in [4.78, 5) is 12.1. The van der Waals surface area contributed by atoms with Crippen molar-refractivity contribution in [3.63, 3.8) is 0 Å². The van der Waals surface area contributed by atoms with E-state index in [-0.39, 0.29) is 12.6 Å². The smallest absolute Gasteiger partial charge is 0.231 e. The number of fused-ring (bicyclic) bond motifs is 1. The topological polar surface area (TPSA) is 35.5 Å². The predicted octanol–water partition coefficient (Wildman–Crippen LogP) is 3.33. The fraction of sp³-hybridized carbons (Fsp3) is 0.400. The summed E-state index contributed by atoms with van der Waals surface area (Å²) in [7, 11) is 0. The summed E-state index contributed by atoms with van der Waals surface area (Å²) in [5.41, 5.74) is 2.82. The van der Waals surface area contributed by atoms with Crippen LogP contribution in [0.4, 0.5) is 0 Å². The number of hydrogen-bond donors (Lipinski definition) is 0. The van der Waals surface area contributed by atoms with Gasteiger partial charge in [0.05, 0.1) is 0 Å². The van der Waals surface area contributed by atoms with Crippen molar-refractivity contribution in [2.24, 2.45) is 0 Å². The molecule has 0 atom stereocenters. The van der Waals surface area contributed by atoms with Crippen molar-refractivity contribution in [3.8, 4) is 11.5 Å². The van der Waals surface area contributed by atoms with Crippen LogP contribution in [0.2, 0.25) is 0 Å². The van der Waals surface area contributed by atoms with Gasteiger partial charge in [-0.3, -0.25) is 4.79 Å². The Morgan fingerprint density at radius 2 is 2.00 bits per heavy atom. The Labute approximate surface area is 117 Å². The molecular formula is C15H15ClO3. The minimum absolute atomic E-state index is 0.209. The molecule has 1 heterocycles. The molecule has 1 aliphatic carbocycles. The number of rotatable bonds is 3. The van der Waals surface area contributed by atoms with Gasteiger partial charge in [-0.15, -0.1) is 11.6 Å². The van der Waals surface area contributed by atoms with E-state index < -0.39 is 0 Å². The van der Waals surface area contributed by atoms with Crippen LogP contribution in [0.1, 0.15) is 30.4 Å². The maximum Gasteiger partial charge on any atom is 0.231 e. The van der Waals surface area contributed by atoms with Crippen LogP contribution in [-0.2, 0) is 11.2 Å². The fourth-order valence-electron chi connectivity index (χ4n) is 2.56. The minimum atomic E-state index is 0.209. The highest BCUT2D eigenvalue weighted by atomic mass is 35.5. The number of ether oxygens (including phenoxy) is 2. The summed E-state index contributed by atoms with van der Waals surface area (Å²) >= 11 is 5.86. The average molecular weight is 279 g/mol. The van der Waals surface area contributed by atoms with Crippen LogP contribution in [0, 0.1) is 0 Å². The summed E-state index contributed by atoms with van der Waals surface area (Å²) in [6.45, 7) is 0.242. The predicted molar refractivity (Wildman–Crippen MR) is 73.8 cm³/mol. The van der Waals surface area contributed by atoms with Crippen LogP contribution in [0.5, 0.6) is 11.5 Å². The first-order chi connectivity index (χ1) is 9.29. The van der Waals surface area contributed by atoms with Gasteiger partial charge in [0.1, 0.15) is 0 Å². The second-order valence-electron chi connectivity index (χ2n) is 4.73. The number of carbonyl (C=O) groups excluding carboxylic acids is 1. The first-order valence-corrected chi connectivity index (χ1v) is 7.05. The summed E-state index contributed by atoms with van der Waals surface area (Å²) in [5, 5.41) is 0. The quantitative estimate of drug-likeness (QED) is 0.796. The van der Waals surface area contributed by atoms with Gasteiger partial charge in [0.2, 0.25) is 6.79 Å². The molecule has 100 valence electrons. The van der Waals surface area contributed by atoms with Gasteiger partial charge in [-0.25, -0.2) is 0 Å². The molecule has 0 spiro atoms. The van der Waals surface area contributed by atoms with E-state index in [2.05, 4.69) is 0 Å². The first kappa shape index (κ1) is 12.5. The van der Waals surface area contributed by atoms with Gasteiger partial charge in [0, 0.05) is 17.9 Å². The highest BCUT2D eigenvalue weighted by Gasteiger charge is 2.22. The van der Waals surface area contributed by atoms with E-state index in [1.807, 2.05) is 18.2 Å². The third-order valence-corrected chi connectivity index (χ3v) is 3.70. The lowest BCUT2D eigenvalue weighted by Crippen LogP contribution is -2.08. The largest absolute Gasteiger partial charge is 0.454 e. The normalized spacial score (nSPS) is 17.5. The van der Waals surface area contributed by atoms with Crippen LogP contribution < -0.4 is 9.47 Å². The minimum Gasteiger partial charge on any atom is -0.454 e. The van der Waals surface area contributed by atoms with Crippen molar-refractivity contribution < 1.29 is 14.3 Å². The fourth-order valence-corrected chi connectivity index (χ4v) is 2.76. The van der Waals surface area contributed by atoms with E-state index >= 15 is 0 Å². The Kier molecular flexibility index (Phi) is 3.47. The van der Waals surface area contributed by atoms with Gasteiger partial charge in [-0.05, 0) is 42.5 Å². The molecule has 3 nitrogen and oxygen atoms in total. The molecule has 1 aliphatic heterocycles. The molecule has 0 N–H and O–H groups in total. The Morgan fingerprint density at radius 1 is 1.21 bits per heavy atom. The van der Waals surface area contributed by atoms with Crippen LogP contribution in [0.25, 0.3) is 5.57 Å². The van der Waals surface area contributed by atoms with Crippen LogP contribution in [0.15, 0.2) is 18.2 Å². The molecule has 0 saturated heterocycles. The third-order valence-electron chi connectivity index (χ3n) is 3.51. The van der Waals surface area contributed by atoms with Crippen LogP contribution >= 0.6 is 11.6 Å². The summed E-state index contributed by atoms with van der Waals surface area (Å²) < 4.78 is 10.8. The van der Waals surface area contributed by atoms with E-state index in [9.17, 15) is 4.79 Å². The SMILES string of the molecule is O=C1CCCC=C1c1cc2c(cc1CCCl)OCO2. The molecule has 0 saturated carbocycles. The molecule has 1 aromatic rings. The number of allylic oxidation sites excluding steroid dienone is 2. The number of carbonyl (C=O) groups is 1. The zero-order valence-corrected chi connectivity index (χ0v) is 11.3. The van der Waals surface area contributed by atoms with Crippen molar-refractivity contribution >= 4 is 23.0 Å². The van der Waals surface area contributed by atoms with Gasteiger partial charge in [0.15, 0.2) is 17.3 Å². The van der Waals surface area contributed by atoms with Gasteiger partial charge >= 0.3 is 0 Å². The lowest BCUT2D eigenvalue weighted by Gasteiger charge is -2.16. The first-order valence-electron chi connectivity index (χ1n) is 6.52. The summed E-state index contributed by atoms with van der Waals surface area (Å²) in [6, 6.07) is 3.86. The van der Waals surface area contributed by atoms with Crippen LogP contribution in [-0.4, -0.2) is 18.5 Å². The molecule has 0 radical (unpaired) electrons. The number of aryl methyl sites for hydroxylation is 1. The van der Waals surface area contributed by atoms with Crippen molar-refractivity contribution in [2.75, 3.05) is 12.7 Å². The summed E-state index contributed by atoms with van der Waals surface area (Å²) in [5.74, 6) is 2.19. The standard InChI is InChI=1S/C15H15ClO3/c16-6-5-10-7-14-15(19-9-18-14)8-12(10)11-3-1-2-4-13(11)17/h3,7-8H,1-2,4-6,9H2. The zero-order valence-electron chi connectivity index (χ0n) is 10.6. The molecule has 19 heavy (non-hydrogen) atoms. The van der Waals surface area contributed by atoms with Crippen molar-refractivity contribution in [3.05, 3.63) is 29.3 Å². The number of alkyl halides is 1. The Morgan fingerprint density at radius 3 is 2.74 bits per heavy atom. The average Bonchev–Trinajstić information content (AvgIpc) is 2.86. The van der Waals surface area contributed by atoms with Gasteiger partial charge < -0.3 is 9.47 Å². The molecule has 4 heteroatoms. The number of halogens is 1. The lowest BCUT2D eigenvalue weighted by atomic mass is 9.88. The molecule has 3 rings (SSSR count). The molecule has 0 aromatic heterocycles. The van der Waals surface area contributed by atoms with E-state index in [1.165, 1.54) is 0 Å². The molecule has 0 unspecified atom stereocenters. The van der Waals surface area contributed by atoms with Crippen molar-refractivity contribution in [2.45, 2.75) is 25.7 Å². The number of hydrogen-bond acceptors (Lipinski definition) is 3. The van der Waals surface area contributed by atoms with E-state index in [4.69, 9.17) is 21.1 Å². The summed E-state index contributed by atoms with van der Waals surface area (Å²) in [6.07, 6.45) is 5.27. The maximum atomic E-state index is 12.1. The molecule has 0 fully saturated rings. The van der Waals surface area contributed by atoms with Gasteiger partial charge in [0.25, 0.3) is 0 Å². The molecule has 1 aromatic carbocycles. The number of benzene rings is 1. The van der Waals surface area contributed by atoms with Crippen molar-refractivity contribution in [1.29, 1.82) is 0 Å². The van der Waals surface area contributed by atoms with Gasteiger partial charge in [-0.2, -0.15) is 0 Å². The van der Waals surface area contributed by atoms with E-state index in [0.29, 0.717) is 18.1 Å². The Bertz CT molecular complexity index is 549. The van der Waals surface area contributed by atoms with Crippen LogP contribution in [0.3, 0.4) is 0 Å². The molecule has 2 aliphatic rings. The Hall–Kier alpha value is -1.48. The van der Waals surface area contributed by atoms with Crippen molar-refractivity contribution in [1.82, 2.24) is 0 Å². The lowest BCUT2D eigenvalue weighted by molar-refractivity contribution is -0.114. The molecule has 0 amide bonds. The molecular weight excluding hydrogens is 264 g/mol. The maximum absolute atomic E-state index is 12.1. The van der Waals surface area contributed by atoms with E-state index in [0.717, 1.165) is 41.7 Å². The van der Waals surface area contributed by atoms with E-state index in [1.54, 1.807) is 0 Å². The second kappa shape index (κ2) is 5.25. The highest BCUT2D eigenvalue weighted by Crippen LogP contribution is 2.38. The second-order valence-corrected chi connectivity index (χ2v) is 5.11. The zero-order chi connectivity index (χ0) is 13.2. The number of ketones is 1. The van der Waals surface area contributed by atoms with Gasteiger partial charge in [-0.1, -0.05) is 6.08 Å². The molecule has 0 bridgehead atoms. The monoisotopic (exact) mass is 278 g/mol. The Balaban J connectivity index is 2.08. The number of Topliss-reactive ketones (excluding diaryl/α,β-unsaturated/α-hetero) is 1.